The number of amides is 1. The standard InChI is InChI=1S/C19H15BrClFN4O/c1-11-4-14(22)2-3-15(11)16-5-12(7-20)6-17(26-16)19(27)25-10-18-23-8-13(21)9-24-18/h2-6,8-9H,7,10H2,1H3,(H,25,27). The van der Waals surface area contributed by atoms with E-state index in [1.54, 1.807) is 19.1 Å². The zero-order valence-electron chi connectivity index (χ0n) is 14.3. The van der Waals surface area contributed by atoms with E-state index >= 15 is 0 Å². The Morgan fingerprint density at radius 3 is 2.63 bits per heavy atom. The van der Waals surface area contributed by atoms with Gasteiger partial charge in [-0.05, 0) is 48.4 Å². The van der Waals surface area contributed by atoms with Crippen LogP contribution >= 0.6 is 27.5 Å². The molecule has 0 bridgehead atoms. The third-order valence-electron chi connectivity index (χ3n) is 3.82. The molecule has 5 nitrogen and oxygen atoms in total. The van der Waals surface area contributed by atoms with Crippen molar-refractivity contribution in [3.8, 4) is 11.3 Å². The smallest absolute Gasteiger partial charge is 0.270 e. The summed E-state index contributed by atoms with van der Waals surface area (Å²) in [5, 5.41) is 3.73. The van der Waals surface area contributed by atoms with Gasteiger partial charge in [-0.2, -0.15) is 0 Å². The lowest BCUT2D eigenvalue weighted by molar-refractivity contribution is 0.0945. The summed E-state index contributed by atoms with van der Waals surface area (Å²) in [6.07, 6.45) is 2.93. The summed E-state index contributed by atoms with van der Waals surface area (Å²) < 4.78 is 13.4. The number of hydrogen-bond donors (Lipinski definition) is 1. The lowest BCUT2D eigenvalue weighted by Gasteiger charge is -2.10. The first-order valence-corrected chi connectivity index (χ1v) is 9.54. The zero-order valence-corrected chi connectivity index (χ0v) is 16.7. The Morgan fingerprint density at radius 1 is 1.22 bits per heavy atom. The minimum Gasteiger partial charge on any atom is -0.343 e. The molecule has 1 aromatic carbocycles. The van der Waals surface area contributed by atoms with Crippen LogP contribution in [0.4, 0.5) is 4.39 Å². The van der Waals surface area contributed by atoms with E-state index in [4.69, 9.17) is 11.6 Å². The Morgan fingerprint density at radius 2 is 1.96 bits per heavy atom. The van der Waals surface area contributed by atoms with E-state index in [-0.39, 0.29) is 24.0 Å². The molecule has 0 unspecified atom stereocenters. The number of nitrogens with zero attached hydrogens (tertiary/aromatic N) is 3. The lowest BCUT2D eigenvalue weighted by Crippen LogP contribution is -2.25. The van der Waals surface area contributed by atoms with Gasteiger partial charge in [0.1, 0.15) is 17.3 Å². The maximum absolute atomic E-state index is 13.4. The van der Waals surface area contributed by atoms with Crippen LogP contribution < -0.4 is 5.32 Å². The van der Waals surface area contributed by atoms with Gasteiger partial charge in [0.25, 0.3) is 5.91 Å². The summed E-state index contributed by atoms with van der Waals surface area (Å²) in [6, 6.07) is 8.05. The molecule has 0 aliphatic heterocycles. The second-order valence-corrected chi connectivity index (χ2v) is 6.84. The van der Waals surface area contributed by atoms with E-state index in [1.807, 2.05) is 6.07 Å². The maximum Gasteiger partial charge on any atom is 0.270 e. The van der Waals surface area contributed by atoms with Gasteiger partial charge >= 0.3 is 0 Å². The summed E-state index contributed by atoms with van der Waals surface area (Å²) in [5.74, 6) is -0.217. The van der Waals surface area contributed by atoms with Crippen LogP contribution in [0.3, 0.4) is 0 Å². The van der Waals surface area contributed by atoms with Crippen molar-refractivity contribution in [2.75, 3.05) is 0 Å². The van der Waals surface area contributed by atoms with E-state index in [9.17, 15) is 9.18 Å². The van der Waals surface area contributed by atoms with E-state index in [0.717, 1.165) is 16.7 Å². The van der Waals surface area contributed by atoms with Gasteiger partial charge in [-0.15, -0.1) is 0 Å². The molecule has 2 heterocycles. The number of aromatic nitrogens is 3. The number of benzene rings is 1. The van der Waals surface area contributed by atoms with Gasteiger partial charge in [-0.25, -0.2) is 19.3 Å². The van der Waals surface area contributed by atoms with E-state index in [0.29, 0.717) is 21.9 Å². The van der Waals surface area contributed by atoms with Crippen molar-refractivity contribution in [1.82, 2.24) is 20.3 Å². The molecule has 138 valence electrons. The number of alkyl halides is 1. The van der Waals surface area contributed by atoms with Crippen LogP contribution in [0.1, 0.15) is 27.4 Å². The Labute approximate surface area is 169 Å². The lowest BCUT2D eigenvalue weighted by atomic mass is 10.0. The van der Waals surface area contributed by atoms with E-state index in [2.05, 4.69) is 36.2 Å². The summed E-state index contributed by atoms with van der Waals surface area (Å²) in [6.45, 7) is 1.96. The molecule has 3 rings (SSSR count). The molecule has 8 heteroatoms. The van der Waals surface area contributed by atoms with Crippen LogP contribution in [0.5, 0.6) is 0 Å². The SMILES string of the molecule is Cc1cc(F)ccc1-c1cc(CBr)cc(C(=O)NCc2ncc(Cl)cn2)n1. The number of halogens is 3. The van der Waals surface area contributed by atoms with Gasteiger partial charge in [0.15, 0.2) is 0 Å². The topological polar surface area (TPSA) is 67.8 Å². The van der Waals surface area contributed by atoms with Crippen molar-refractivity contribution < 1.29 is 9.18 Å². The van der Waals surface area contributed by atoms with Gasteiger partial charge in [-0.3, -0.25) is 4.79 Å². The molecule has 1 amide bonds. The quantitative estimate of drug-likeness (QED) is 0.584. The number of hydrogen-bond acceptors (Lipinski definition) is 4. The summed E-state index contributed by atoms with van der Waals surface area (Å²) in [7, 11) is 0. The highest BCUT2D eigenvalue weighted by atomic mass is 79.9. The van der Waals surface area contributed by atoms with Gasteiger partial charge in [-0.1, -0.05) is 27.5 Å². The van der Waals surface area contributed by atoms with Gasteiger partial charge in [0.05, 0.1) is 17.3 Å². The fourth-order valence-corrected chi connectivity index (χ4v) is 2.93. The molecule has 0 atom stereocenters. The van der Waals surface area contributed by atoms with Crippen LogP contribution in [-0.2, 0) is 11.9 Å². The Bertz CT molecular complexity index is 982. The zero-order chi connectivity index (χ0) is 19.4. The van der Waals surface area contributed by atoms with Crippen LogP contribution in [0.25, 0.3) is 11.3 Å². The van der Waals surface area contributed by atoms with Crippen LogP contribution in [0.2, 0.25) is 5.02 Å². The first-order valence-electron chi connectivity index (χ1n) is 8.04. The van der Waals surface area contributed by atoms with E-state index in [1.165, 1.54) is 24.5 Å². The van der Waals surface area contributed by atoms with Crippen molar-refractivity contribution in [2.24, 2.45) is 0 Å². The van der Waals surface area contributed by atoms with Crippen molar-refractivity contribution in [3.63, 3.8) is 0 Å². The first-order chi connectivity index (χ1) is 13.0. The molecule has 0 radical (unpaired) electrons. The Hall–Kier alpha value is -2.38. The number of nitrogens with one attached hydrogen (secondary N) is 1. The molecule has 0 aliphatic carbocycles. The summed E-state index contributed by atoms with van der Waals surface area (Å²) >= 11 is 9.16. The first kappa shape index (κ1) is 19.4. The highest BCUT2D eigenvalue weighted by molar-refractivity contribution is 9.08. The predicted molar refractivity (Wildman–Crippen MR) is 105 cm³/mol. The van der Waals surface area contributed by atoms with Crippen LogP contribution in [-0.4, -0.2) is 20.9 Å². The van der Waals surface area contributed by atoms with Crippen LogP contribution in [0, 0.1) is 12.7 Å². The fraction of sp³-hybridized carbons (Fsp3) is 0.158. The molecule has 3 aromatic rings. The van der Waals surface area contributed by atoms with Crippen molar-refractivity contribution in [3.05, 3.63) is 76.2 Å². The minimum absolute atomic E-state index is 0.154. The minimum atomic E-state index is -0.350. The molecule has 0 saturated heterocycles. The molecule has 0 spiro atoms. The number of rotatable bonds is 5. The number of pyridine rings is 1. The van der Waals surface area contributed by atoms with Gasteiger partial charge < -0.3 is 5.32 Å². The largest absolute Gasteiger partial charge is 0.343 e. The maximum atomic E-state index is 13.4. The van der Waals surface area contributed by atoms with E-state index < -0.39 is 0 Å². The third-order valence-corrected chi connectivity index (χ3v) is 4.66. The highest BCUT2D eigenvalue weighted by Crippen LogP contribution is 2.24. The Kier molecular flexibility index (Phi) is 6.13. The van der Waals surface area contributed by atoms with Crippen molar-refractivity contribution in [1.29, 1.82) is 0 Å². The summed E-state index contributed by atoms with van der Waals surface area (Å²) in [4.78, 5) is 25.1. The second kappa shape index (κ2) is 8.54. The monoisotopic (exact) mass is 448 g/mol. The van der Waals surface area contributed by atoms with Crippen molar-refractivity contribution >= 4 is 33.4 Å². The predicted octanol–water partition coefficient (Wildman–Crippen LogP) is 4.46. The Balaban J connectivity index is 1.86. The summed E-state index contributed by atoms with van der Waals surface area (Å²) in [5.41, 5.74) is 3.28. The normalized spacial score (nSPS) is 10.7. The average molecular weight is 450 g/mol. The molecule has 27 heavy (non-hydrogen) atoms. The molecular formula is C19H15BrClFN4O. The van der Waals surface area contributed by atoms with Gasteiger partial charge in [0.2, 0.25) is 0 Å². The van der Waals surface area contributed by atoms with Gasteiger partial charge in [0, 0.05) is 23.3 Å². The number of carbonyl (C=O) groups is 1. The molecule has 0 aliphatic rings. The second-order valence-electron chi connectivity index (χ2n) is 5.84. The van der Waals surface area contributed by atoms with Crippen molar-refractivity contribution in [2.45, 2.75) is 18.8 Å². The average Bonchev–Trinajstić information content (AvgIpc) is 2.67. The molecule has 0 fully saturated rings. The number of aryl methyl sites for hydroxylation is 1. The molecular weight excluding hydrogens is 435 g/mol. The van der Waals surface area contributed by atoms with Crippen LogP contribution in [0.15, 0.2) is 42.7 Å². The fourth-order valence-electron chi connectivity index (χ4n) is 2.51. The highest BCUT2D eigenvalue weighted by Gasteiger charge is 2.13. The molecule has 2 aromatic heterocycles. The third kappa shape index (κ3) is 4.87. The number of carbonyl (C=O) groups excluding carboxylic acids is 1. The molecule has 1 N–H and O–H groups in total. The molecule has 0 saturated carbocycles.